The normalized spacial score (nSPS) is 20.5. The summed E-state index contributed by atoms with van der Waals surface area (Å²) in [7, 11) is 0. The summed E-state index contributed by atoms with van der Waals surface area (Å²) in [6.07, 6.45) is -0.0864. The standard InChI is InChI=1S/C21H22N2O3/c1-13-11-23(12-15-6-4-5-7-18(15)26-13)19(24)14-8-9-17-16(10-14)21(2,3)20(25)22-17/h4-10,13H,11-12H2,1-3H3,(H,22,25). The topological polar surface area (TPSA) is 58.6 Å². The summed E-state index contributed by atoms with van der Waals surface area (Å²) in [5.41, 5.74) is 2.62. The van der Waals surface area contributed by atoms with Gasteiger partial charge in [0.2, 0.25) is 5.91 Å². The zero-order valence-electron chi connectivity index (χ0n) is 15.2. The molecule has 26 heavy (non-hydrogen) atoms. The highest BCUT2D eigenvalue weighted by Gasteiger charge is 2.39. The largest absolute Gasteiger partial charge is 0.489 e. The number of nitrogens with zero attached hydrogens (tertiary/aromatic N) is 1. The number of carbonyl (C=O) groups excluding carboxylic acids is 2. The smallest absolute Gasteiger partial charge is 0.254 e. The molecule has 0 bridgehead atoms. The van der Waals surface area contributed by atoms with E-state index in [9.17, 15) is 9.59 Å². The molecule has 0 saturated heterocycles. The van der Waals surface area contributed by atoms with Crippen LogP contribution in [-0.2, 0) is 16.8 Å². The molecule has 1 unspecified atom stereocenters. The number of hydrogen-bond acceptors (Lipinski definition) is 3. The molecule has 5 nitrogen and oxygen atoms in total. The van der Waals surface area contributed by atoms with Crippen LogP contribution in [0.4, 0.5) is 5.69 Å². The van der Waals surface area contributed by atoms with Gasteiger partial charge in [0.25, 0.3) is 5.91 Å². The van der Waals surface area contributed by atoms with E-state index in [-0.39, 0.29) is 17.9 Å². The third kappa shape index (κ3) is 2.64. The third-order valence-corrected chi connectivity index (χ3v) is 5.18. The van der Waals surface area contributed by atoms with Crippen LogP contribution in [-0.4, -0.2) is 29.4 Å². The Kier molecular flexibility index (Phi) is 3.75. The van der Waals surface area contributed by atoms with E-state index in [1.165, 1.54) is 0 Å². The van der Waals surface area contributed by atoms with Gasteiger partial charge in [-0.1, -0.05) is 18.2 Å². The second-order valence-corrected chi connectivity index (χ2v) is 7.56. The predicted molar refractivity (Wildman–Crippen MR) is 99.4 cm³/mol. The van der Waals surface area contributed by atoms with Gasteiger partial charge >= 0.3 is 0 Å². The molecule has 5 heteroatoms. The first-order chi connectivity index (χ1) is 12.4. The van der Waals surface area contributed by atoms with Crippen LogP contribution in [0.5, 0.6) is 5.75 Å². The van der Waals surface area contributed by atoms with Gasteiger partial charge in [-0.05, 0) is 50.6 Å². The van der Waals surface area contributed by atoms with Crippen LogP contribution in [0.25, 0.3) is 0 Å². The molecule has 0 radical (unpaired) electrons. The lowest BCUT2D eigenvalue weighted by atomic mass is 9.85. The van der Waals surface area contributed by atoms with Crippen molar-refractivity contribution < 1.29 is 14.3 Å². The average molecular weight is 350 g/mol. The molecule has 1 atom stereocenters. The number of benzene rings is 2. The van der Waals surface area contributed by atoms with Gasteiger partial charge in [0.1, 0.15) is 11.9 Å². The number of rotatable bonds is 1. The van der Waals surface area contributed by atoms with E-state index in [2.05, 4.69) is 5.32 Å². The zero-order chi connectivity index (χ0) is 18.5. The van der Waals surface area contributed by atoms with Gasteiger partial charge in [-0.2, -0.15) is 0 Å². The molecule has 2 heterocycles. The molecule has 0 saturated carbocycles. The van der Waals surface area contributed by atoms with Crippen LogP contribution in [0, 0.1) is 0 Å². The fourth-order valence-electron chi connectivity index (χ4n) is 3.63. The Balaban J connectivity index is 1.67. The maximum Gasteiger partial charge on any atom is 0.254 e. The first-order valence-electron chi connectivity index (χ1n) is 8.86. The maximum absolute atomic E-state index is 13.2. The van der Waals surface area contributed by atoms with E-state index in [1.54, 1.807) is 6.07 Å². The van der Waals surface area contributed by atoms with Gasteiger partial charge in [0, 0.05) is 23.4 Å². The molecule has 2 aromatic carbocycles. The molecule has 2 aliphatic rings. The van der Waals surface area contributed by atoms with Gasteiger partial charge in [0.15, 0.2) is 0 Å². The van der Waals surface area contributed by atoms with Gasteiger partial charge in [0.05, 0.1) is 12.0 Å². The molecule has 2 amide bonds. The molecule has 1 N–H and O–H groups in total. The van der Waals surface area contributed by atoms with Crippen molar-refractivity contribution in [1.82, 2.24) is 4.90 Å². The van der Waals surface area contributed by atoms with Crippen LogP contribution in [0.15, 0.2) is 42.5 Å². The number of anilines is 1. The van der Waals surface area contributed by atoms with Crippen molar-refractivity contribution in [2.75, 3.05) is 11.9 Å². The molecule has 0 aliphatic carbocycles. The third-order valence-electron chi connectivity index (χ3n) is 5.18. The van der Waals surface area contributed by atoms with Crippen LogP contribution >= 0.6 is 0 Å². The number of fused-ring (bicyclic) bond motifs is 2. The Morgan fingerprint density at radius 1 is 1.23 bits per heavy atom. The molecule has 0 fully saturated rings. The van der Waals surface area contributed by atoms with Gasteiger partial charge in [-0.25, -0.2) is 0 Å². The second kappa shape index (κ2) is 5.87. The Bertz CT molecular complexity index is 904. The quantitative estimate of drug-likeness (QED) is 0.858. The minimum Gasteiger partial charge on any atom is -0.489 e. The van der Waals surface area contributed by atoms with Crippen molar-refractivity contribution in [1.29, 1.82) is 0 Å². The molecule has 4 rings (SSSR count). The summed E-state index contributed by atoms with van der Waals surface area (Å²) >= 11 is 0. The molecular weight excluding hydrogens is 328 g/mol. The summed E-state index contributed by atoms with van der Waals surface area (Å²) in [5, 5.41) is 2.88. The molecular formula is C21H22N2O3. The highest BCUT2D eigenvalue weighted by molar-refractivity contribution is 6.07. The van der Waals surface area contributed by atoms with Crippen molar-refractivity contribution in [3.63, 3.8) is 0 Å². The summed E-state index contributed by atoms with van der Waals surface area (Å²) in [6, 6.07) is 13.3. The predicted octanol–water partition coefficient (Wildman–Crippen LogP) is 3.34. The van der Waals surface area contributed by atoms with Crippen LogP contribution in [0.3, 0.4) is 0 Å². The molecule has 0 aromatic heterocycles. The Morgan fingerprint density at radius 3 is 2.81 bits per heavy atom. The Labute approximate surface area is 153 Å². The van der Waals surface area contributed by atoms with Crippen LogP contribution < -0.4 is 10.1 Å². The highest BCUT2D eigenvalue weighted by Crippen LogP contribution is 2.38. The minimum atomic E-state index is -0.632. The van der Waals surface area contributed by atoms with Crippen molar-refractivity contribution in [3.05, 3.63) is 59.2 Å². The molecule has 134 valence electrons. The Hall–Kier alpha value is -2.82. The summed E-state index contributed by atoms with van der Waals surface area (Å²) in [4.78, 5) is 27.1. The number of nitrogens with one attached hydrogen (secondary N) is 1. The van der Waals surface area contributed by atoms with E-state index in [1.807, 2.05) is 62.1 Å². The van der Waals surface area contributed by atoms with Gasteiger partial charge < -0.3 is 15.0 Å². The van der Waals surface area contributed by atoms with Gasteiger partial charge in [-0.3, -0.25) is 9.59 Å². The summed E-state index contributed by atoms with van der Waals surface area (Å²) in [5.74, 6) is 0.748. The van der Waals surface area contributed by atoms with Crippen LogP contribution in [0.1, 0.15) is 42.3 Å². The van der Waals surface area contributed by atoms with Crippen molar-refractivity contribution in [3.8, 4) is 5.75 Å². The summed E-state index contributed by atoms with van der Waals surface area (Å²) < 4.78 is 5.95. The van der Waals surface area contributed by atoms with Gasteiger partial charge in [-0.15, -0.1) is 0 Å². The molecule has 0 spiro atoms. The first-order valence-corrected chi connectivity index (χ1v) is 8.86. The Morgan fingerprint density at radius 2 is 2.00 bits per heavy atom. The fraction of sp³-hybridized carbons (Fsp3) is 0.333. The van der Waals surface area contributed by atoms with E-state index in [0.29, 0.717) is 18.7 Å². The van der Waals surface area contributed by atoms with Crippen molar-refractivity contribution in [2.45, 2.75) is 38.8 Å². The molecule has 2 aliphatic heterocycles. The second-order valence-electron chi connectivity index (χ2n) is 7.56. The summed E-state index contributed by atoms with van der Waals surface area (Å²) in [6.45, 7) is 6.75. The van der Waals surface area contributed by atoms with E-state index in [0.717, 1.165) is 22.6 Å². The lowest BCUT2D eigenvalue weighted by molar-refractivity contribution is -0.119. The van der Waals surface area contributed by atoms with E-state index in [4.69, 9.17) is 4.74 Å². The minimum absolute atomic E-state index is 0.0391. The number of carbonyl (C=O) groups is 2. The van der Waals surface area contributed by atoms with Crippen molar-refractivity contribution in [2.24, 2.45) is 0 Å². The van der Waals surface area contributed by atoms with E-state index >= 15 is 0 Å². The lowest BCUT2D eigenvalue weighted by Crippen LogP contribution is -2.36. The zero-order valence-corrected chi connectivity index (χ0v) is 15.2. The van der Waals surface area contributed by atoms with E-state index < -0.39 is 5.41 Å². The number of amides is 2. The number of para-hydroxylation sites is 1. The first kappa shape index (κ1) is 16.6. The maximum atomic E-state index is 13.2. The fourth-order valence-corrected chi connectivity index (χ4v) is 3.63. The monoisotopic (exact) mass is 350 g/mol. The average Bonchev–Trinajstić information content (AvgIpc) is 2.75. The molecule has 2 aromatic rings. The SMILES string of the molecule is CC1CN(C(=O)c2ccc3c(c2)C(C)(C)C(=O)N3)Cc2ccccc2O1. The lowest BCUT2D eigenvalue weighted by Gasteiger charge is -2.23. The number of ether oxygens (including phenoxy) is 1. The van der Waals surface area contributed by atoms with Crippen LogP contribution in [0.2, 0.25) is 0 Å². The van der Waals surface area contributed by atoms with Crippen molar-refractivity contribution >= 4 is 17.5 Å². The number of hydrogen-bond donors (Lipinski definition) is 1. The highest BCUT2D eigenvalue weighted by atomic mass is 16.5.